The van der Waals surface area contributed by atoms with Crippen LogP contribution >= 0.6 is 0 Å². The number of hydrogen-bond donors (Lipinski definition) is 0. The van der Waals surface area contributed by atoms with Gasteiger partial charge in [-0.2, -0.15) is 0 Å². The molecule has 0 N–H and O–H groups in total. The van der Waals surface area contributed by atoms with Gasteiger partial charge in [0.2, 0.25) is 0 Å². The van der Waals surface area contributed by atoms with Crippen LogP contribution in [0.5, 0.6) is 0 Å². The summed E-state index contributed by atoms with van der Waals surface area (Å²) in [5.41, 5.74) is 1.34. The first kappa shape index (κ1) is 11.6. The predicted molar refractivity (Wildman–Crippen MR) is 62.1 cm³/mol. The SMILES string of the molecule is CC1=CN(C)CN1C.Cc1nccn1C. The van der Waals surface area contributed by atoms with Gasteiger partial charge in [-0.1, -0.05) is 0 Å². The van der Waals surface area contributed by atoms with E-state index in [-0.39, 0.29) is 0 Å². The molecule has 0 bridgehead atoms. The second kappa shape index (κ2) is 4.87. The Hall–Kier alpha value is -1.45. The van der Waals surface area contributed by atoms with Gasteiger partial charge in [0.05, 0.1) is 6.67 Å². The molecule has 4 heteroatoms. The van der Waals surface area contributed by atoms with Gasteiger partial charge in [-0.25, -0.2) is 4.98 Å². The van der Waals surface area contributed by atoms with E-state index < -0.39 is 0 Å². The van der Waals surface area contributed by atoms with E-state index in [1.165, 1.54) is 5.70 Å². The Morgan fingerprint density at radius 1 is 1.20 bits per heavy atom. The molecule has 4 nitrogen and oxygen atoms in total. The highest BCUT2D eigenvalue weighted by atomic mass is 15.3. The molecule has 0 saturated carbocycles. The van der Waals surface area contributed by atoms with Crippen molar-refractivity contribution in [1.82, 2.24) is 19.4 Å². The van der Waals surface area contributed by atoms with Crippen molar-refractivity contribution in [3.8, 4) is 0 Å². The van der Waals surface area contributed by atoms with E-state index in [0.717, 1.165) is 12.5 Å². The molecule has 0 unspecified atom stereocenters. The zero-order valence-corrected chi connectivity index (χ0v) is 10.2. The van der Waals surface area contributed by atoms with E-state index >= 15 is 0 Å². The van der Waals surface area contributed by atoms with E-state index in [9.17, 15) is 0 Å². The molecule has 0 aliphatic carbocycles. The van der Waals surface area contributed by atoms with E-state index in [4.69, 9.17) is 0 Å². The predicted octanol–water partition coefficient (Wildman–Crippen LogP) is 1.41. The molecule has 0 fully saturated rings. The van der Waals surface area contributed by atoms with Crippen molar-refractivity contribution < 1.29 is 0 Å². The molecule has 1 aromatic rings. The first-order chi connectivity index (χ1) is 7.00. The number of aryl methyl sites for hydroxylation is 2. The van der Waals surface area contributed by atoms with Gasteiger partial charge in [-0.15, -0.1) is 0 Å². The monoisotopic (exact) mass is 208 g/mol. The molecule has 1 aliphatic rings. The molecule has 2 heterocycles. The topological polar surface area (TPSA) is 24.3 Å². The largest absolute Gasteiger partial charge is 0.361 e. The molecule has 1 aliphatic heterocycles. The zero-order valence-electron chi connectivity index (χ0n) is 10.2. The third-order valence-corrected chi connectivity index (χ3v) is 2.51. The second-order valence-corrected chi connectivity index (χ2v) is 3.95. The van der Waals surface area contributed by atoms with E-state index in [1.54, 1.807) is 6.20 Å². The van der Waals surface area contributed by atoms with Crippen LogP contribution in [0.2, 0.25) is 0 Å². The summed E-state index contributed by atoms with van der Waals surface area (Å²) in [5, 5.41) is 0. The van der Waals surface area contributed by atoms with Crippen molar-refractivity contribution in [3.63, 3.8) is 0 Å². The first-order valence-corrected chi connectivity index (χ1v) is 5.04. The maximum absolute atomic E-state index is 3.98. The number of nitrogens with zero attached hydrogens (tertiary/aromatic N) is 4. The van der Waals surface area contributed by atoms with Gasteiger partial charge in [-0.3, -0.25) is 0 Å². The van der Waals surface area contributed by atoms with Gasteiger partial charge in [0.15, 0.2) is 0 Å². The fourth-order valence-corrected chi connectivity index (χ4v) is 1.34. The standard InChI is InChI=1S/C6H12N2.C5H8N2/c1-6-4-7(2)5-8(6)3;1-5-6-3-4-7(5)2/h4H,5H2,1-3H3;3-4H,1-2H3. The summed E-state index contributed by atoms with van der Waals surface area (Å²) in [6, 6.07) is 0. The Bertz CT molecular complexity index is 324. The minimum Gasteiger partial charge on any atom is -0.361 e. The Morgan fingerprint density at radius 3 is 2.00 bits per heavy atom. The maximum Gasteiger partial charge on any atom is 0.105 e. The minimum atomic E-state index is 1.03. The van der Waals surface area contributed by atoms with Crippen molar-refractivity contribution >= 4 is 0 Å². The molecule has 0 aromatic carbocycles. The number of aromatic nitrogens is 2. The smallest absolute Gasteiger partial charge is 0.105 e. The lowest BCUT2D eigenvalue weighted by atomic mass is 10.5. The Kier molecular flexibility index (Phi) is 3.77. The Labute approximate surface area is 91.8 Å². The molecule has 15 heavy (non-hydrogen) atoms. The summed E-state index contributed by atoms with van der Waals surface area (Å²) in [5.74, 6) is 1.06. The summed E-state index contributed by atoms with van der Waals surface area (Å²) in [7, 11) is 6.14. The average molecular weight is 208 g/mol. The van der Waals surface area contributed by atoms with Crippen molar-refractivity contribution in [1.29, 1.82) is 0 Å². The van der Waals surface area contributed by atoms with Crippen molar-refractivity contribution in [2.24, 2.45) is 7.05 Å². The van der Waals surface area contributed by atoms with Crippen LogP contribution in [0, 0.1) is 6.92 Å². The molecule has 1 aromatic heterocycles. The molecule has 2 rings (SSSR count). The third-order valence-electron chi connectivity index (χ3n) is 2.51. The van der Waals surface area contributed by atoms with Crippen LogP contribution in [0.4, 0.5) is 0 Å². The lowest BCUT2D eigenvalue weighted by Crippen LogP contribution is -2.19. The van der Waals surface area contributed by atoms with E-state index in [1.807, 2.05) is 24.7 Å². The normalized spacial score (nSPS) is 14.9. The quantitative estimate of drug-likeness (QED) is 0.644. The molecule has 0 saturated heterocycles. The summed E-state index contributed by atoms with van der Waals surface area (Å²) < 4.78 is 1.97. The number of rotatable bonds is 0. The number of imidazole rings is 1. The van der Waals surface area contributed by atoms with Gasteiger partial charge < -0.3 is 14.4 Å². The fraction of sp³-hybridized carbons (Fsp3) is 0.545. The number of hydrogen-bond acceptors (Lipinski definition) is 3. The van der Waals surface area contributed by atoms with E-state index in [2.05, 4.69) is 42.0 Å². The summed E-state index contributed by atoms with van der Waals surface area (Å²) in [6.45, 7) is 5.12. The van der Waals surface area contributed by atoms with Crippen molar-refractivity contribution in [2.45, 2.75) is 13.8 Å². The molecule has 0 spiro atoms. The highest BCUT2D eigenvalue weighted by molar-refractivity contribution is 5.00. The summed E-state index contributed by atoms with van der Waals surface area (Å²) >= 11 is 0. The van der Waals surface area contributed by atoms with Crippen LogP contribution in [0.25, 0.3) is 0 Å². The summed E-state index contributed by atoms with van der Waals surface area (Å²) in [6.07, 6.45) is 5.85. The van der Waals surface area contributed by atoms with Crippen LogP contribution in [0.15, 0.2) is 24.3 Å². The van der Waals surface area contributed by atoms with Crippen LogP contribution in [0.1, 0.15) is 12.7 Å². The van der Waals surface area contributed by atoms with Gasteiger partial charge >= 0.3 is 0 Å². The van der Waals surface area contributed by atoms with Gasteiger partial charge in [-0.05, 0) is 13.8 Å². The van der Waals surface area contributed by atoms with Crippen LogP contribution in [0.3, 0.4) is 0 Å². The van der Waals surface area contributed by atoms with Crippen LogP contribution in [-0.4, -0.2) is 40.1 Å². The Balaban J connectivity index is 0.000000151. The molecular weight excluding hydrogens is 188 g/mol. The van der Waals surface area contributed by atoms with Gasteiger partial charge in [0, 0.05) is 45.4 Å². The van der Waals surface area contributed by atoms with Crippen molar-refractivity contribution in [3.05, 3.63) is 30.1 Å². The lowest BCUT2D eigenvalue weighted by molar-refractivity contribution is 0.328. The highest BCUT2D eigenvalue weighted by Crippen LogP contribution is 2.08. The maximum atomic E-state index is 3.98. The molecule has 84 valence electrons. The Morgan fingerprint density at radius 2 is 1.87 bits per heavy atom. The molecule has 0 radical (unpaired) electrons. The third kappa shape index (κ3) is 3.31. The van der Waals surface area contributed by atoms with Crippen LogP contribution < -0.4 is 0 Å². The van der Waals surface area contributed by atoms with Gasteiger partial charge in [0.25, 0.3) is 0 Å². The lowest BCUT2D eigenvalue weighted by Gasteiger charge is -2.13. The molecule has 0 amide bonds. The second-order valence-electron chi connectivity index (χ2n) is 3.95. The highest BCUT2D eigenvalue weighted by Gasteiger charge is 2.07. The average Bonchev–Trinajstić information content (AvgIpc) is 2.63. The van der Waals surface area contributed by atoms with E-state index in [0.29, 0.717) is 0 Å². The summed E-state index contributed by atoms with van der Waals surface area (Å²) in [4.78, 5) is 8.35. The molecular formula is C11H20N4. The van der Waals surface area contributed by atoms with Crippen LogP contribution in [-0.2, 0) is 7.05 Å². The van der Waals surface area contributed by atoms with Crippen molar-refractivity contribution in [2.75, 3.05) is 20.8 Å². The first-order valence-electron chi connectivity index (χ1n) is 5.04. The zero-order chi connectivity index (χ0) is 11.4. The minimum absolute atomic E-state index is 1.03. The van der Waals surface area contributed by atoms with Gasteiger partial charge in [0.1, 0.15) is 5.82 Å². The fourth-order valence-electron chi connectivity index (χ4n) is 1.34. The number of allylic oxidation sites excluding steroid dienone is 1. The molecule has 0 atom stereocenters.